The molecule has 2 aliphatic heterocycles. The topological polar surface area (TPSA) is 38.8 Å². The van der Waals surface area contributed by atoms with Crippen LogP contribution in [0.15, 0.2) is 0 Å². The molecule has 2 saturated heterocycles. The highest BCUT2D eigenvalue weighted by atomic mass is 16.2. The molecule has 5 nitrogen and oxygen atoms in total. The molecule has 2 heterocycles. The summed E-state index contributed by atoms with van der Waals surface area (Å²) in [4.78, 5) is 18.9. The first-order chi connectivity index (χ1) is 9.20. The van der Waals surface area contributed by atoms with E-state index >= 15 is 0 Å². The number of piperazine rings is 1. The Hall–Kier alpha value is -0.650. The van der Waals surface area contributed by atoms with Gasteiger partial charge in [-0.15, -0.1) is 0 Å². The molecule has 0 aliphatic carbocycles. The predicted molar refractivity (Wildman–Crippen MR) is 77.2 cm³/mol. The number of nitrogens with zero attached hydrogens (tertiary/aromatic N) is 3. The van der Waals surface area contributed by atoms with Crippen LogP contribution in [0.3, 0.4) is 0 Å². The van der Waals surface area contributed by atoms with Crippen molar-refractivity contribution in [2.45, 2.75) is 25.8 Å². The average molecular weight is 268 g/mol. The van der Waals surface area contributed by atoms with Crippen molar-refractivity contribution in [1.82, 2.24) is 20.0 Å². The minimum atomic E-state index is 0.300. The number of carbonyl (C=O) groups is 1. The maximum Gasteiger partial charge on any atom is 0.236 e. The summed E-state index contributed by atoms with van der Waals surface area (Å²) in [5.41, 5.74) is 0. The Morgan fingerprint density at radius 1 is 1.32 bits per heavy atom. The molecule has 1 unspecified atom stereocenters. The molecule has 19 heavy (non-hydrogen) atoms. The third kappa shape index (κ3) is 4.16. The molecule has 1 amide bonds. The summed E-state index contributed by atoms with van der Waals surface area (Å²) >= 11 is 0. The van der Waals surface area contributed by atoms with Gasteiger partial charge in [-0.25, -0.2) is 0 Å². The van der Waals surface area contributed by atoms with Crippen molar-refractivity contribution >= 4 is 5.91 Å². The molecule has 0 aromatic rings. The van der Waals surface area contributed by atoms with Crippen LogP contribution in [0.5, 0.6) is 0 Å². The fourth-order valence-corrected chi connectivity index (χ4v) is 3.11. The van der Waals surface area contributed by atoms with Crippen molar-refractivity contribution < 1.29 is 4.79 Å². The van der Waals surface area contributed by atoms with E-state index in [-0.39, 0.29) is 0 Å². The SMILES string of the molecule is CCCN(C)CC(=O)N1CCC(N2CCNCC2)C1. The van der Waals surface area contributed by atoms with Crippen LogP contribution >= 0.6 is 0 Å². The third-order valence-corrected chi connectivity index (χ3v) is 4.19. The van der Waals surface area contributed by atoms with Crippen LogP contribution in [-0.2, 0) is 4.79 Å². The van der Waals surface area contributed by atoms with Gasteiger partial charge in [0.2, 0.25) is 5.91 Å². The molecule has 2 fully saturated rings. The molecule has 110 valence electrons. The van der Waals surface area contributed by atoms with Crippen LogP contribution < -0.4 is 5.32 Å². The third-order valence-electron chi connectivity index (χ3n) is 4.19. The summed E-state index contributed by atoms with van der Waals surface area (Å²) in [5.74, 6) is 0.300. The maximum absolute atomic E-state index is 12.2. The molecule has 1 N–H and O–H groups in total. The Morgan fingerprint density at radius 2 is 2.05 bits per heavy atom. The van der Waals surface area contributed by atoms with Gasteiger partial charge in [-0.1, -0.05) is 6.92 Å². The van der Waals surface area contributed by atoms with E-state index in [2.05, 4.69) is 26.9 Å². The molecule has 0 radical (unpaired) electrons. The molecular weight excluding hydrogens is 240 g/mol. The van der Waals surface area contributed by atoms with Crippen molar-refractivity contribution in [3.05, 3.63) is 0 Å². The molecule has 2 rings (SSSR count). The van der Waals surface area contributed by atoms with E-state index in [1.165, 1.54) is 0 Å². The number of likely N-dealkylation sites (N-methyl/N-ethyl adjacent to an activating group) is 1. The lowest BCUT2D eigenvalue weighted by Gasteiger charge is -2.32. The smallest absolute Gasteiger partial charge is 0.236 e. The normalized spacial score (nSPS) is 25.2. The van der Waals surface area contributed by atoms with Gasteiger partial charge in [0, 0.05) is 45.3 Å². The number of rotatable bonds is 5. The van der Waals surface area contributed by atoms with Gasteiger partial charge in [0.25, 0.3) is 0 Å². The van der Waals surface area contributed by atoms with Crippen LogP contribution in [0.2, 0.25) is 0 Å². The predicted octanol–water partition coefficient (Wildman–Crippen LogP) is -0.166. The van der Waals surface area contributed by atoms with Crippen molar-refractivity contribution in [3.8, 4) is 0 Å². The average Bonchev–Trinajstić information content (AvgIpc) is 2.89. The lowest BCUT2D eigenvalue weighted by molar-refractivity contribution is -0.131. The molecule has 0 aromatic heterocycles. The van der Waals surface area contributed by atoms with Crippen molar-refractivity contribution in [2.24, 2.45) is 0 Å². The van der Waals surface area contributed by atoms with E-state index in [0.29, 0.717) is 18.5 Å². The summed E-state index contributed by atoms with van der Waals surface area (Å²) in [5, 5.41) is 3.38. The second kappa shape index (κ2) is 7.22. The van der Waals surface area contributed by atoms with Crippen LogP contribution in [-0.4, -0.2) is 86.1 Å². The monoisotopic (exact) mass is 268 g/mol. The molecule has 0 bridgehead atoms. The first-order valence-electron chi connectivity index (χ1n) is 7.61. The maximum atomic E-state index is 12.2. The Bertz CT molecular complexity index is 291. The van der Waals surface area contributed by atoms with E-state index < -0.39 is 0 Å². The van der Waals surface area contributed by atoms with Crippen LogP contribution in [0.25, 0.3) is 0 Å². The zero-order valence-corrected chi connectivity index (χ0v) is 12.4. The number of carbonyl (C=O) groups excluding carboxylic acids is 1. The standard InChI is InChI=1S/C14H28N4O/c1-3-7-16(2)12-14(19)18-8-4-13(11-18)17-9-5-15-6-10-17/h13,15H,3-12H2,1-2H3. The second-order valence-corrected chi connectivity index (χ2v) is 5.81. The minimum absolute atomic E-state index is 0.300. The Balaban J connectivity index is 1.75. The zero-order valence-electron chi connectivity index (χ0n) is 12.4. The number of amides is 1. The van der Waals surface area contributed by atoms with E-state index in [1.807, 2.05) is 7.05 Å². The Morgan fingerprint density at radius 3 is 2.74 bits per heavy atom. The molecule has 2 aliphatic rings. The van der Waals surface area contributed by atoms with Crippen molar-refractivity contribution in [2.75, 3.05) is 59.4 Å². The fraction of sp³-hybridized carbons (Fsp3) is 0.929. The quantitative estimate of drug-likeness (QED) is 0.752. The minimum Gasteiger partial charge on any atom is -0.340 e. The van der Waals surface area contributed by atoms with Gasteiger partial charge in [0.15, 0.2) is 0 Å². The van der Waals surface area contributed by atoms with Gasteiger partial charge in [-0.2, -0.15) is 0 Å². The fourth-order valence-electron chi connectivity index (χ4n) is 3.11. The summed E-state index contributed by atoms with van der Waals surface area (Å²) in [6.07, 6.45) is 2.25. The molecule has 5 heteroatoms. The molecule has 0 spiro atoms. The van der Waals surface area contributed by atoms with E-state index in [0.717, 1.165) is 58.7 Å². The van der Waals surface area contributed by atoms with Crippen molar-refractivity contribution in [3.63, 3.8) is 0 Å². The number of hydrogen-bond donors (Lipinski definition) is 1. The van der Waals surface area contributed by atoms with E-state index in [1.54, 1.807) is 0 Å². The summed E-state index contributed by atoms with van der Waals surface area (Å²) in [7, 11) is 2.03. The highest BCUT2D eigenvalue weighted by molar-refractivity contribution is 5.78. The van der Waals surface area contributed by atoms with E-state index in [9.17, 15) is 4.79 Å². The van der Waals surface area contributed by atoms with Gasteiger partial charge in [-0.3, -0.25) is 14.6 Å². The summed E-state index contributed by atoms with van der Waals surface area (Å²) in [6.45, 7) is 10.0. The van der Waals surface area contributed by atoms with Gasteiger partial charge >= 0.3 is 0 Å². The zero-order chi connectivity index (χ0) is 13.7. The first kappa shape index (κ1) is 14.8. The van der Waals surface area contributed by atoms with Gasteiger partial charge in [-0.05, 0) is 26.4 Å². The Kier molecular flexibility index (Phi) is 5.60. The van der Waals surface area contributed by atoms with E-state index in [4.69, 9.17) is 0 Å². The number of nitrogens with one attached hydrogen (secondary N) is 1. The highest BCUT2D eigenvalue weighted by Crippen LogP contribution is 2.16. The van der Waals surface area contributed by atoms with Crippen molar-refractivity contribution in [1.29, 1.82) is 0 Å². The van der Waals surface area contributed by atoms with Gasteiger partial charge < -0.3 is 10.2 Å². The van der Waals surface area contributed by atoms with Crippen LogP contribution in [0.4, 0.5) is 0 Å². The molecule has 0 saturated carbocycles. The molecule has 1 atom stereocenters. The summed E-state index contributed by atoms with van der Waals surface area (Å²) in [6, 6.07) is 0.586. The largest absolute Gasteiger partial charge is 0.340 e. The van der Waals surface area contributed by atoms with Crippen LogP contribution in [0, 0.1) is 0 Å². The number of hydrogen-bond acceptors (Lipinski definition) is 4. The molecular formula is C14H28N4O. The number of likely N-dealkylation sites (tertiary alicyclic amines) is 1. The first-order valence-corrected chi connectivity index (χ1v) is 7.61. The van der Waals surface area contributed by atoms with Gasteiger partial charge in [0.05, 0.1) is 6.54 Å². The Labute approximate surface area is 116 Å². The highest BCUT2D eigenvalue weighted by Gasteiger charge is 2.30. The summed E-state index contributed by atoms with van der Waals surface area (Å²) < 4.78 is 0. The lowest BCUT2D eigenvalue weighted by atomic mass is 10.2. The second-order valence-electron chi connectivity index (χ2n) is 5.81. The molecule has 0 aromatic carbocycles. The van der Waals surface area contributed by atoms with Crippen LogP contribution in [0.1, 0.15) is 19.8 Å². The van der Waals surface area contributed by atoms with Gasteiger partial charge in [0.1, 0.15) is 0 Å². The lowest BCUT2D eigenvalue weighted by Crippen LogP contribution is -2.49.